The molecule has 6 heteroatoms. The van der Waals surface area contributed by atoms with E-state index in [4.69, 9.17) is 5.73 Å². The van der Waals surface area contributed by atoms with Gasteiger partial charge in [-0.2, -0.15) is 0 Å². The van der Waals surface area contributed by atoms with Crippen LogP contribution in [0.15, 0.2) is 84.9 Å². The fraction of sp³-hybridized carbons (Fsp3) is 0.130. The zero-order chi connectivity index (χ0) is 19.7. The molecular weight excluding hydrogens is 512 g/mol. The molecule has 0 radical (unpaired) electrons. The average molecular weight is 532 g/mol. The Hall–Kier alpha value is -1.89. The minimum atomic E-state index is -0.788. The highest BCUT2D eigenvalue weighted by atomic mass is 79.9. The molecule has 0 fully saturated rings. The van der Waals surface area contributed by atoms with Crippen molar-refractivity contribution in [1.29, 1.82) is 0 Å². The van der Waals surface area contributed by atoms with Crippen molar-refractivity contribution in [3.05, 3.63) is 102 Å². The van der Waals surface area contributed by atoms with Gasteiger partial charge in [0.15, 0.2) is 5.78 Å². The second-order valence-electron chi connectivity index (χ2n) is 6.78. The molecule has 1 aliphatic heterocycles. The lowest BCUT2D eigenvalue weighted by atomic mass is 9.95. The maximum absolute atomic E-state index is 13.5. The van der Waals surface area contributed by atoms with E-state index in [1.807, 2.05) is 65.2 Å². The molecule has 0 aromatic heterocycles. The third kappa shape index (κ3) is 3.93. The fourth-order valence-corrected chi connectivity index (χ4v) is 5.97. The minimum Gasteiger partial charge on any atom is -1.00 e. The van der Waals surface area contributed by atoms with Crippen LogP contribution >= 0.6 is 27.7 Å². The third-order valence-corrected chi connectivity index (χ3v) is 7.69. The SMILES string of the molecule is Cc1ccc(C2(Br)C(C(=O)c3ccccc3)SC(N)=[N+]2c2ccccc2)cc1.[Br-]. The molecule has 3 aromatic rings. The van der Waals surface area contributed by atoms with Gasteiger partial charge in [0.1, 0.15) is 10.9 Å². The third-order valence-electron chi connectivity index (χ3n) is 4.90. The maximum atomic E-state index is 13.5. The van der Waals surface area contributed by atoms with Crippen molar-refractivity contribution in [3.63, 3.8) is 0 Å². The van der Waals surface area contributed by atoms with Crippen LogP contribution in [0.25, 0.3) is 0 Å². The Kier molecular flexibility index (Phi) is 6.66. The number of para-hydroxylation sites is 1. The van der Waals surface area contributed by atoms with Gasteiger partial charge in [-0.15, -0.1) is 0 Å². The second-order valence-corrected chi connectivity index (χ2v) is 9.11. The highest BCUT2D eigenvalue weighted by Crippen LogP contribution is 2.50. The molecule has 3 aromatic carbocycles. The molecule has 0 saturated carbocycles. The number of alkyl halides is 1. The van der Waals surface area contributed by atoms with Gasteiger partial charge in [-0.3, -0.25) is 10.5 Å². The molecular formula is C23H20Br2N2OS. The first-order chi connectivity index (χ1) is 13.5. The lowest BCUT2D eigenvalue weighted by molar-refractivity contribution is -0.498. The van der Waals surface area contributed by atoms with Crippen molar-refractivity contribution < 1.29 is 26.4 Å². The smallest absolute Gasteiger partial charge is 0.311 e. The number of aryl methyl sites for hydroxylation is 1. The van der Waals surface area contributed by atoms with E-state index in [2.05, 4.69) is 47.1 Å². The second kappa shape index (κ2) is 8.86. The van der Waals surface area contributed by atoms with E-state index >= 15 is 0 Å². The molecule has 2 atom stereocenters. The van der Waals surface area contributed by atoms with Gasteiger partial charge in [-0.25, -0.2) is 4.58 Å². The van der Waals surface area contributed by atoms with Gasteiger partial charge < -0.3 is 17.0 Å². The predicted octanol–water partition coefficient (Wildman–Crippen LogP) is 2.20. The van der Waals surface area contributed by atoms with Crippen LogP contribution in [0, 0.1) is 6.92 Å². The summed E-state index contributed by atoms with van der Waals surface area (Å²) in [7, 11) is 0. The van der Waals surface area contributed by atoms with Crippen molar-refractivity contribution in [2.45, 2.75) is 16.6 Å². The van der Waals surface area contributed by atoms with Crippen molar-refractivity contribution in [2.24, 2.45) is 5.73 Å². The summed E-state index contributed by atoms with van der Waals surface area (Å²) in [6.07, 6.45) is 0. The molecule has 0 spiro atoms. The zero-order valence-corrected chi connectivity index (χ0v) is 19.7. The highest BCUT2D eigenvalue weighted by Gasteiger charge is 2.57. The molecule has 3 nitrogen and oxygen atoms in total. The fourth-order valence-electron chi connectivity index (χ4n) is 3.47. The van der Waals surface area contributed by atoms with Crippen molar-refractivity contribution in [2.75, 3.05) is 0 Å². The number of thioether (sulfide) groups is 1. The van der Waals surface area contributed by atoms with Crippen LogP contribution in [-0.4, -0.2) is 20.8 Å². The summed E-state index contributed by atoms with van der Waals surface area (Å²) in [4.78, 5) is 13.5. The average Bonchev–Trinajstić information content (AvgIpc) is 3.00. The topological polar surface area (TPSA) is 46.1 Å². The lowest BCUT2D eigenvalue weighted by Gasteiger charge is -2.29. The van der Waals surface area contributed by atoms with Gasteiger partial charge >= 0.3 is 5.17 Å². The van der Waals surface area contributed by atoms with E-state index in [9.17, 15) is 4.79 Å². The summed E-state index contributed by atoms with van der Waals surface area (Å²) < 4.78 is 1.23. The molecule has 1 heterocycles. The number of hydrogen-bond donors (Lipinski definition) is 1. The number of halogens is 2. The van der Waals surface area contributed by atoms with E-state index in [1.54, 1.807) is 0 Å². The summed E-state index contributed by atoms with van der Waals surface area (Å²) in [5.74, 6) is 0.0458. The van der Waals surface area contributed by atoms with Gasteiger partial charge in [0, 0.05) is 11.1 Å². The number of Topliss-reactive ketones (excluding diaryl/α,β-unsaturated/α-hetero) is 1. The predicted molar refractivity (Wildman–Crippen MR) is 119 cm³/mol. The van der Waals surface area contributed by atoms with E-state index in [-0.39, 0.29) is 22.8 Å². The molecule has 148 valence electrons. The van der Waals surface area contributed by atoms with Crippen LogP contribution in [0.1, 0.15) is 21.5 Å². The van der Waals surface area contributed by atoms with Crippen LogP contribution in [0.4, 0.5) is 5.69 Å². The lowest BCUT2D eigenvalue weighted by Crippen LogP contribution is -3.00. The highest BCUT2D eigenvalue weighted by molar-refractivity contribution is 9.09. The normalized spacial score (nSPS) is 21.0. The number of carbonyl (C=O) groups is 1. The Bertz CT molecular complexity index is 1040. The summed E-state index contributed by atoms with van der Waals surface area (Å²) in [6.45, 7) is 2.05. The van der Waals surface area contributed by atoms with Gasteiger partial charge in [-0.05, 0) is 46.7 Å². The van der Waals surface area contributed by atoms with Crippen LogP contribution in [-0.2, 0) is 4.45 Å². The zero-order valence-electron chi connectivity index (χ0n) is 15.8. The minimum absolute atomic E-state index is 0. The maximum Gasteiger partial charge on any atom is 0.311 e. The number of ketones is 1. The van der Waals surface area contributed by atoms with Crippen LogP contribution in [0.5, 0.6) is 0 Å². The van der Waals surface area contributed by atoms with E-state index in [0.717, 1.165) is 11.3 Å². The number of amidine groups is 1. The Morgan fingerprint density at radius 2 is 1.52 bits per heavy atom. The molecule has 0 amide bonds. The van der Waals surface area contributed by atoms with Crippen LogP contribution in [0.2, 0.25) is 0 Å². The quantitative estimate of drug-likeness (QED) is 0.243. The molecule has 2 unspecified atom stereocenters. The Labute approximate surface area is 193 Å². The Morgan fingerprint density at radius 1 is 0.966 bits per heavy atom. The van der Waals surface area contributed by atoms with Crippen LogP contribution in [0.3, 0.4) is 0 Å². The molecule has 2 N–H and O–H groups in total. The molecule has 1 aliphatic rings. The molecule has 0 aliphatic carbocycles. The molecule has 0 bridgehead atoms. The Balaban J connectivity index is 0.00000240. The largest absolute Gasteiger partial charge is 1.00 e. The summed E-state index contributed by atoms with van der Waals surface area (Å²) in [5, 5.41) is 0.163. The number of hydrogen-bond acceptors (Lipinski definition) is 3. The van der Waals surface area contributed by atoms with Gasteiger partial charge in [0.25, 0.3) is 0 Å². The number of nitrogens with two attached hydrogens (primary N) is 1. The van der Waals surface area contributed by atoms with E-state index in [0.29, 0.717) is 10.7 Å². The van der Waals surface area contributed by atoms with E-state index in [1.165, 1.54) is 17.3 Å². The monoisotopic (exact) mass is 530 g/mol. The first kappa shape index (κ1) is 21.8. The van der Waals surface area contributed by atoms with Gasteiger partial charge in [0.05, 0.1) is 0 Å². The molecule has 0 saturated heterocycles. The summed E-state index contributed by atoms with van der Waals surface area (Å²) in [6, 6.07) is 27.6. The van der Waals surface area contributed by atoms with Gasteiger partial charge in [-0.1, -0.05) is 78.4 Å². The summed E-state index contributed by atoms with van der Waals surface area (Å²) in [5.41, 5.74) is 10.3. The number of nitrogens with zero attached hydrogens (tertiary/aromatic N) is 1. The van der Waals surface area contributed by atoms with Crippen molar-refractivity contribution >= 4 is 44.3 Å². The van der Waals surface area contributed by atoms with Crippen LogP contribution < -0.4 is 22.7 Å². The number of rotatable bonds is 4. The molecule has 29 heavy (non-hydrogen) atoms. The summed E-state index contributed by atoms with van der Waals surface area (Å²) >= 11 is 5.37. The molecule has 4 rings (SSSR count). The first-order valence-corrected chi connectivity index (χ1v) is 10.7. The standard InChI is InChI=1S/C23H19BrN2OS.BrH/c1-16-12-14-18(15-13-16)23(24)21(20(27)17-8-4-2-5-9-17)28-22(25)26(23)19-10-6-3-7-11-19;/h2-15,21,25H,1H3;1H. The van der Waals surface area contributed by atoms with Gasteiger partial charge in [0.2, 0.25) is 4.45 Å². The number of benzene rings is 3. The number of carbonyl (C=O) groups excluding carboxylic acids is 1. The van der Waals surface area contributed by atoms with Crippen molar-refractivity contribution in [3.8, 4) is 0 Å². The van der Waals surface area contributed by atoms with Crippen molar-refractivity contribution in [1.82, 2.24) is 0 Å². The van der Waals surface area contributed by atoms with E-state index < -0.39 is 9.70 Å². The first-order valence-electron chi connectivity index (χ1n) is 9.01. The Morgan fingerprint density at radius 3 is 2.10 bits per heavy atom.